The van der Waals surface area contributed by atoms with E-state index in [9.17, 15) is 18.0 Å². The topological polar surface area (TPSA) is 92.8 Å². The van der Waals surface area contributed by atoms with E-state index < -0.39 is 16.0 Å². The first-order chi connectivity index (χ1) is 14.3. The molecule has 1 fully saturated rings. The lowest BCUT2D eigenvalue weighted by Crippen LogP contribution is -2.29. The van der Waals surface area contributed by atoms with Crippen molar-refractivity contribution < 1.29 is 22.7 Å². The summed E-state index contributed by atoms with van der Waals surface area (Å²) in [6, 6.07) is 5.95. The van der Waals surface area contributed by atoms with Gasteiger partial charge < -0.3 is 10.1 Å². The van der Waals surface area contributed by atoms with Crippen LogP contribution in [0, 0.1) is 0 Å². The molecule has 0 unspecified atom stereocenters. The van der Waals surface area contributed by atoms with Gasteiger partial charge >= 0.3 is 5.97 Å². The third kappa shape index (κ3) is 3.89. The minimum absolute atomic E-state index is 0.0695. The number of nitrogens with one attached hydrogen (secondary N) is 1. The van der Waals surface area contributed by atoms with E-state index in [-0.39, 0.29) is 23.5 Å². The van der Waals surface area contributed by atoms with Crippen LogP contribution < -0.4 is 5.32 Å². The second kappa shape index (κ2) is 8.13. The molecule has 2 aliphatic rings. The summed E-state index contributed by atoms with van der Waals surface area (Å²) in [7, 11) is -1.97. The lowest BCUT2D eigenvalue weighted by Gasteiger charge is -2.16. The zero-order chi connectivity index (χ0) is 21.5. The third-order valence-corrected chi connectivity index (χ3v) is 8.61. The van der Waals surface area contributed by atoms with Gasteiger partial charge in [0.25, 0.3) is 5.91 Å². The Bertz CT molecular complexity index is 1090. The van der Waals surface area contributed by atoms with Crippen LogP contribution in [-0.4, -0.2) is 44.3 Å². The van der Waals surface area contributed by atoms with Crippen LogP contribution in [-0.2, 0) is 27.6 Å². The van der Waals surface area contributed by atoms with Gasteiger partial charge in [0.05, 0.1) is 17.1 Å². The fourth-order valence-corrected chi connectivity index (χ4v) is 6.35. The number of aryl methyl sites for hydroxylation is 1. The fourth-order valence-electron chi connectivity index (χ4n) is 3.67. The zero-order valence-corrected chi connectivity index (χ0v) is 18.6. The molecule has 1 heterocycles. The van der Waals surface area contributed by atoms with Crippen molar-refractivity contribution in [1.82, 2.24) is 4.31 Å². The highest BCUT2D eigenvalue weighted by molar-refractivity contribution is 7.89. The van der Waals surface area contributed by atoms with Crippen LogP contribution in [0.1, 0.15) is 57.3 Å². The van der Waals surface area contributed by atoms with Crippen molar-refractivity contribution in [2.75, 3.05) is 19.0 Å². The molecule has 1 saturated carbocycles. The number of thiophene rings is 1. The summed E-state index contributed by atoms with van der Waals surface area (Å²) in [4.78, 5) is 26.5. The minimum atomic E-state index is -3.56. The Balaban J connectivity index is 1.54. The molecule has 1 N–H and O–H groups in total. The SMILES string of the molecule is CCOC(=O)c1c(NC(=O)c2ccc(S(=O)(=O)N(C)C3CC3)cc2)sc2c1CCC2. The van der Waals surface area contributed by atoms with E-state index in [0.29, 0.717) is 16.1 Å². The van der Waals surface area contributed by atoms with E-state index in [1.54, 1.807) is 14.0 Å². The molecule has 0 spiro atoms. The number of fused-ring (bicyclic) bond motifs is 1. The quantitative estimate of drug-likeness (QED) is 0.655. The number of carbonyl (C=O) groups excluding carboxylic acids is 2. The molecule has 0 saturated heterocycles. The molecule has 0 bridgehead atoms. The van der Waals surface area contributed by atoms with E-state index in [2.05, 4.69) is 5.32 Å². The molecule has 0 radical (unpaired) electrons. The molecule has 9 heteroatoms. The van der Waals surface area contributed by atoms with Crippen LogP contribution in [0.2, 0.25) is 0 Å². The Hall–Kier alpha value is -2.23. The molecule has 2 aromatic rings. The number of nitrogens with zero attached hydrogens (tertiary/aromatic N) is 1. The van der Waals surface area contributed by atoms with Gasteiger partial charge in [0.15, 0.2) is 0 Å². The molecular weight excluding hydrogens is 424 g/mol. The van der Waals surface area contributed by atoms with Gasteiger partial charge in [0.2, 0.25) is 10.0 Å². The molecule has 1 aromatic carbocycles. The largest absolute Gasteiger partial charge is 0.462 e. The molecule has 0 aliphatic heterocycles. The van der Waals surface area contributed by atoms with E-state index in [1.807, 2.05) is 0 Å². The van der Waals surface area contributed by atoms with Crippen molar-refractivity contribution in [3.63, 3.8) is 0 Å². The van der Waals surface area contributed by atoms with E-state index in [4.69, 9.17) is 4.74 Å². The van der Waals surface area contributed by atoms with Gasteiger partial charge in [-0.3, -0.25) is 4.79 Å². The van der Waals surface area contributed by atoms with Crippen molar-refractivity contribution in [1.29, 1.82) is 0 Å². The van der Waals surface area contributed by atoms with Crippen molar-refractivity contribution in [2.45, 2.75) is 50.0 Å². The Labute approximate surface area is 180 Å². The second-order valence-corrected chi connectivity index (χ2v) is 10.6. The number of anilines is 1. The number of carbonyl (C=O) groups is 2. The highest BCUT2D eigenvalue weighted by Crippen LogP contribution is 2.39. The summed E-state index contributed by atoms with van der Waals surface area (Å²) in [6.45, 7) is 2.01. The maximum Gasteiger partial charge on any atom is 0.341 e. The number of rotatable bonds is 7. The Morgan fingerprint density at radius 3 is 2.53 bits per heavy atom. The van der Waals surface area contributed by atoms with Crippen LogP contribution in [0.5, 0.6) is 0 Å². The monoisotopic (exact) mass is 448 g/mol. The number of hydrogen-bond acceptors (Lipinski definition) is 6. The van der Waals surface area contributed by atoms with Crippen LogP contribution in [0.25, 0.3) is 0 Å². The molecular formula is C21H24N2O5S2. The summed E-state index contributed by atoms with van der Waals surface area (Å²) in [6.07, 6.45) is 4.45. The highest BCUT2D eigenvalue weighted by atomic mass is 32.2. The van der Waals surface area contributed by atoms with Crippen LogP contribution in [0.4, 0.5) is 5.00 Å². The average molecular weight is 449 g/mol. The molecule has 0 atom stereocenters. The first-order valence-electron chi connectivity index (χ1n) is 10.0. The molecule has 30 heavy (non-hydrogen) atoms. The Morgan fingerprint density at radius 1 is 1.20 bits per heavy atom. The fraction of sp³-hybridized carbons (Fsp3) is 0.429. The lowest BCUT2D eigenvalue weighted by molar-refractivity contribution is 0.0527. The van der Waals surface area contributed by atoms with Crippen LogP contribution >= 0.6 is 11.3 Å². The van der Waals surface area contributed by atoms with Gasteiger partial charge in [0.1, 0.15) is 5.00 Å². The Kier molecular flexibility index (Phi) is 5.69. The van der Waals surface area contributed by atoms with Gasteiger partial charge in [-0.1, -0.05) is 0 Å². The number of hydrogen-bond donors (Lipinski definition) is 1. The van der Waals surface area contributed by atoms with Gasteiger partial charge in [0, 0.05) is 23.5 Å². The maximum atomic E-state index is 12.8. The number of esters is 1. The number of ether oxygens (including phenoxy) is 1. The standard InChI is InChI=1S/C21H24N2O5S2/c1-3-28-21(25)18-16-5-4-6-17(16)29-20(18)22-19(24)13-7-11-15(12-8-13)30(26,27)23(2)14-9-10-14/h7-8,11-12,14H,3-6,9-10H2,1-2H3,(H,22,24). The average Bonchev–Trinajstić information content (AvgIpc) is 3.38. The second-order valence-electron chi connectivity index (χ2n) is 7.51. The van der Waals surface area contributed by atoms with Crippen molar-refractivity contribution in [3.05, 3.63) is 45.8 Å². The smallest absolute Gasteiger partial charge is 0.341 e. The number of sulfonamides is 1. The molecule has 1 amide bonds. The van der Waals surface area contributed by atoms with Crippen molar-refractivity contribution in [3.8, 4) is 0 Å². The van der Waals surface area contributed by atoms with E-state index in [0.717, 1.165) is 42.5 Å². The highest BCUT2D eigenvalue weighted by Gasteiger charge is 2.35. The van der Waals surface area contributed by atoms with Crippen molar-refractivity contribution in [2.24, 2.45) is 0 Å². The number of benzene rings is 1. The van der Waals surface area contributed by atoms with Crippen LogP contribution in [0.3, 0.4) is 0 Å². The number of amides is 1. The van der Waals surface area contributed by atoms with E-state index in [1.165, 1.54) is 39.9 Å². The normalized spacial score (nSPS) is 15.8. The molecule has 7 nitrogen and oxygen atoms in total. The molecule has 4 rings (SSSR count). The van der Waals surface area contributed by atoms with Gasteiger partial charge in [-0.05, 0) is 68.9 Å². The summed E-state index contributed by atoms with van der Waals surface area (Å²) in [5.41, 5.74) is 1.75. The summed E-state index contributed by atoms with van der Waals surface area (Å²) in [5, 5.41) is 3.32. The van der Waals surface area contributed by atoms with Gasteiger partial charge in [-0.15, -0.1) is 11.3 Å². The predicted molar refractivity (Wildman–Crippen MR) is 115 cm³/mol. The van der Waals surface area contributed by atoms with E-state index >= 15 is 0 Å². The molecule has 2 aliphatic carbocycles. The summed E-state index contributed by atoms with van der Waals surface area (Å²) >= 11 is 1.41. The van der Waals surface area contributed by atoms with Gasteiger partial charge in [-0.2, -0.15) is 4.31 Å². The molecule has 1 aromatic heterocycles. The first kappa shape index (κ1) is 21.0. The zero-order valence-electron chi connectivity index (χ0n) is 16.9. The minimum Gasteiger partial charge on any atom is -0.462 e. The first-order valence-corrected chi connectivity index (χ1v) is 12.3. The van der Waals surface area contributed by atoms with Crippen LogP contribution in [0.15, 0.2) is 29.2 Å². The van der Waals surface area contributed by atoms with Gasteiger partial charge in [-0.25, -0.2) is 13.2 Å². The predicted octanol–water partition coefficient (Wildman–Crippen LogP) is 3.45. The summed E-state index contributed by atoms with van der Waals surface area (Å²) in [5.74, 6) is -0.809. The Morgan fingerprint density at radius 2 is 1.90 bits per heavy atom. The lowest BCUT2D eigenvalue weighted by atomic mass is 10.1. The summed E-state index contributed by atoms with van der Waals surface area (Å²) < 4.78 is 31.8. The molecule has 160 valence electrons. The third-order valence-electron chi connectivity index (χ3n) is 5.48. The maximum absolute atomic E-state index is 12.8. The van der Waals surface area contributed by atoms with Crippen molar-refractivity contribution >= 4 is 38.2 Å².